The summed E-state index contributed by atoms with van der Waals surface area (Å²) in [7, 11) is 0. The molecule has 0 spiro atoms. The Kier molecular flexibility index (Phi) is 3.46. The van der Waals surface area contributed by atoms with E-state index in [9.17, 15) is 15.0 Å². The average Bonchev–Trinajstić information content (AvgIpc) is 2.71. The number of carbonyl (C=O) groups excluding carboxylic acids is 1. The summed E-state index contributed by atoms with van der Waals surface area (Å²) >= 11 is 0. The van der Waals surface area contributed by atoms with Gasteiger partial charge in [-0.1, -0.05) is 26.3 Å². The lowest BCUT2D eigenvalue weighted by atomic mass is 9.44. The fraction of sp³-hybridized carbons (Fsp3) is 0.857. The number of carbonyl (C=O) groups is 1. The van der Waals surface area contributed by atoms with Crippen molar-refractivity contribution in [2.24, 2.45) is 34.5 Å². The van der Waals surface area contributed by atoms with Crippen molar-refractivity contribution in [1.29, 1.82) is 0 Å². The van der Waals surface area contributed by atoms with E-state index in [1.807, 2.05) is 13.0 Å². The molecule has 0 heterocycles. The summed E-state index contributed by atoms with van der Waals surface area (Å²) in [6, 6.07) is 0. The zero-order chi connectivity index (χ0) is 17.5. The van der Waals surface area contributed by atoms with E-state index in [1.54, 1.807) is 0 Å². The minimum absolute atomic E-state index is 0.0502. The van der Waals surface area contributed by atoms with Gasteiger partial charge < -0.3 is 10.2 Å². The van der Waals surface area contributed by atoms with Gasteiger partial charge in [0, 0.05) is 11.8 Å². The van der Waals surface area contributed by atoms with Gasteiger partial charge in [0.15, 0.2) is 5.78 Å². The van der Waals surface area contributed by atoms with Gasteiger partial charge >= 0.3 is 0 Å². The lowest BCUT2D eigenvalue weighted by Crippen LogP contribution is -2.60. The maximum atomic E-state index is 12.0. The molecule has 0 unspecified atom stereocenters. The summed E-state index contributed by atoms with van der Waals surface area (Å²) in [6.45, 7) is 8.72. The van der Waals surface area contributed by atoms with Crippen LogP contribution in [-0.4, -0.2) is 27.7 Å². The summed E-state index contributed by atoms with van der Waals surface area (Å²) in [5.41, 5.74) is 0.375. The predicted octanol–water partition coefficient (Wildman–Crippen LogP) is 3.49. The van der Waals surface area contributed by atoms with Crippen molar-refractivity contribution in [2.45, 2.75) is 77.9 Å². The molecule has 0 bridgehead atoms. The Balaban J connectivity index is 1.79. The van der Waals surface area contributed by atoms with E-state index in [4.69, 9.17) is 0 Å². The Morgan fingerprint density at radius 1 is 1.21 bits per heavy atom. The third-order valence-corrected chi connectivity index (χ3v) is 8.78. The van der Waals surface area contributed by atoms with Crippen molar-refractivity contribution in [2.75, 3.05) is 0 Å². The second-order valence-electron chi connectivity index (χ2n) is 9.92. The molecular weight excluding hydrogens is 300 g/mol. The van der Waals surface area contributed by atoms with Crippen LogP contribution in [0, 0.1) is 34.5 Å². The first-order valence-corrected chi connectivity index (χ1v) is 9.75. The Bertz CT molecular complexity index is 606. The van der Waals surface area contributed by atoms with E-state index in [0.29, 0.717) is 30.6 Å². The van der Waals surface area contributed by atoms with E-state index < -0.39 is 5.60 Å². The van der Waals surface area contributed by atoms with Crippen LogP contribution in [0.3, 0.4) is 0 Å². The average molecular weight is 332 g/mol. The van der Waals surface area contributed by atoms with Crippen molar-refractivity contribution < 1.29 is 15.0 Å². The fourth-order valence-electron chi connectivity index (χ4n) is 7.34. The molecule has 4 rings (SSSR count). The van der Waals surface area contributed by atoms with Gasteiger partial charge in [-0.05, 0) is 74.2 Å². The van der Waals surface area contributed by atoms with E-state index >= 15 is 0 Å². The van der Waals surface area contributed by atoms with Gasteiger partial charge in [0.1, 0.15) is 0 Å². The molecule has 3 saturated carbocycles. The van der Waals surface area contributed by atoms with Crippen molar-refractivity contribution in [3.8, 4) is 0 Å². The number of aliphatic hydroxyl groups is 2. The molecule has 134 valence electrons. The van der Waals surface area contributed by atoms with Crippen LogP contribution >= 0.6 is 0 Å². The molecule has 0 aliphatic heterocycles. The molecule has 0 radical (unpaired) electrons. The van der Waals surface area contributed by atoms with Gasteiger partial charge in [-0.25, -0.2) is 0 Å². The smallest absolute Gasteiger partial charge is 0.155 e. The van der Waals surface area contributed by atoms with Crippen LogP contribution in [0.2, 0.25) is 0 Å². The van der Waals surface area contributed by atoms with Crippen molar-refractivity contribution in [3.05, 3.63) is 11.6 Å². The zero-order valence-electron chi connectivity index (χ0n) is 15.5. The number of fused-ring (bicyclic) bond motifs is 5. The standard InChI is InChI=1S/C21H32O3/c1-12-9-14-15-6-8-21(4,24)20(15,3)11-17(23)18(14)19(2)7-5-13(22)10-16(12)19/h10,12,14-15,17-18,23-24H,5-9,11H2,1-4H3/t12-,14-,15-,17-,18+,19-,20-,21+/m0/s1. The topological polar surface area (TPSA) is 57.5 Å². The van der Waals surface area contributed by atoms with E-state index in [1.165, 1.54) is 5.57 Å². The third kappa shape index (κ3) is 1.94. The predicted molar refractivity (Wildman–Crippen MR) is 93.3 cm³/mol. The van der Waals surface area contributed by atoms with Crippen molar-refractivity contribution in [3.63, 3.8) is 0 Å². The molecule has 4 aliphatic carbocycles. The first-order valence-electron chi connectivity index (χ1n) is 9.75. The Labute approximate surface area is 145 Å². The van der Waals surface area contributed by atoms with Crippen molar-refractivity contribution >= 4 is 5.78 Å². The number of hydrogen-bond donors (Lipinski definition) is 2. The summed E-state index contributed by atoms with van der Waals surface area (Å²) in [4.78, 5) is 12.0. The van der Waals surface area contributed by atoms with Crippen LogP contribution < -0.4 is 0 Å². The summed E-state index contributed by atoms with van der Waals surface area (Å²) in [5.74, 6) is 1.84. The molecule has 3 nitrogen and oxygen atoms in total. The zero-order valence-corrected chi connectivity index (χ0v) is 15.5. The first-order chi connectivity index (χ1) is 11.1. The lowest BCUT2D eigenvalue weighted by Gasteiger charge is -2.61. The van der Waals surface area contributed by atoms with Crippen LogP contribution in [0.4, 0.5) is 0 Å². The van der Waals surface area contributed by atoms with Gasteiger partial charge in [-0.15, -0.1) is 0 Å². The molecule has 3 heteroatoms. The second-order valence-corrected chi connectivity index (χ2v) is 9.92. The van der Waals surface area contributed by atoms with Gasteiger partial charge in [0.25, 0.3) is 0 Å². The molecule has 0 aromatic heterocycles. The highest BCUT2D eigenvalue weighted by Crippen LogP contribution is 2.68. The largest absolute Gasteiger partial charge is 0.393 e. The monoisotopic (exact) mass is 332 g/mol. The number of hydrogen-bond acceptors (Lipinski definition) is 3. The number of ketones is 1. The van der Waals surface area contributed by atoms with Gasteiger partial charge in [0.05, 0.1) is 11.7 Å². The van der Waals surface area contributed by atoms with E-state index in [0.717, 1.165) is 25.7 Å². The number of aliphatic hydroxyl groups excluding tert-OH is 1. The molecule has 3 fully saturated rings. The van der Waals surface area contributed by atoms with Gasteiger partial charge in [-0.2, -0.15) is 0 Å². The Hall–Kier alpha value is -0.670. The highest BCUT2D eigenvalue weighted by molar-refractivity contribution is 5.91. The Morgan fingerprint density at radius 2 is 1.92 bits per heavy atom. The summed E-state index contributed by atoms with van der Waals surface area (Å²) in [5, 5.41) is 22.2. The lowest BCUT2D eigenvalue weighted by molar-refractivity contribution is -0.170. The third-order valence-electron chi connectivity index (χ3n) is 8.78. The van der Waals surface area contributed by atoms with Crippen LogP contribution in [0.5, 0.6) is 0 Å². The molecule has 0 saturated heterocycles. The summed E-state index contributed by atoms with van der Waals surface area (Å²) in [6.07, 6.45) is 6.66. The molecule has 0 aromatic carbocycles. The number of rotatable bonds is 0. The highest BCUT2D eigenvalue weighted by atomic mass is 16.3. The maximum Gasteiger partial charge on any atom is 0.155 e. The second kappa shape index (κ2) is 4.94. The number of allylic oxidation sites excluding steroid dienone is 1. The van der Waals surface area contributed by atoms with E-state index in [2.05, 4.69) is 20.8 Å². The minimum Gasteiger partial charge on any atom is -0.393 e. The molecule has 8 atom stereocenters. The molecule has 24 heavy (non-hydrogen) atoms. The molecule has 2 N–H and O–H groups in total. The highest BCUT2D eigenvalue weighted by Gasteiger charge is 2.65. The molecular formula is C21H32O3. The molecule has 0 amide bonds. The maximum absolute atomic E-state index is 12.0. The fourth-order valence-corrected chi connectivity index (χ4v) is 7.34. The molecule has 4 aliphatic rings. The van der Waals surface area contributed by atoms with E-state index in [-0.39, 0.29) is 28.6 Å². The van der Waals surface area contributed by atoms with Crippen LogP contribution in [0.25, 0.3) is 0 Å². The first kappa shape index (κ1) is 16.8. The van der Waals surface area contributed by atoms with Crippen LogP contribution in [0.1, 0.15) is 66.2 Å². The Morgan fingerprint density at radius 3 is 2.62 bits per heavy atom. The normalized spacial score (nSPS) is 57.0. The summed E-state index contributed by atoms with van der Waals surface area (Å²) < 4.78 is 0. The van der Waals surface area contributed by atoms with Gasteiger partial charge in [-0.3, -0.25) is 4.79 Å². The minimum atomic E-state index is -0.674. The molecule has 0 aromatic rings. The van der Waals surface area contributed by atoms with Crippen LogP contribution in [-0.2, 0) is 4.79 Å². The van der Waals surface area contributed by atoms with Crippen molar-refractivity contribution in [1.82, 2.24) is 0 Å². The van der Waals surface area contributed by atoms with Gasteiger partial charge in [0.2, 0.25) is 0 Å². The quantitative estimate of drug-likeness (QED) is 0.714. The SMILES string of the molecule is C[C@H]1C[C@@H]2[C@H]([C@@H](O)C[C@@]3(C)[C@H]2CC[C@@]3(C)O)[C@@]2(C)CCC(=O)C=C12. The van der Waals surface area contributed by atoms with Crippen LogP contribution in [0.15, 0.2) is 11.6 Å².